The van der Waals surface area contributed by atoms with Crippen molar-refractivity contribution in [2.75, 3.05) is 19.6 Å². The van der Waals surface area contributed by atoms with Gasteiger partial charge in [0.15, 0.2) is 0 Å². The standard InChI is InChI=1S/C12H22N2O2/c1-9(2)14-8-3-10(11(14)15)12(16)4-6-13-7-5-12/h9-10,13,16H,3-8H2,1-2H3. The first-order valence-corrected chi connectivity index (χ1v) is 6.28. The molecule has 0 aromatic rings. The van der Waals surface area contributed by atoms with Crippen LogP contribution in [-0.4, -0.2) is 47.2 Å². The van der Waals surface area contributed by atoms with Gasteiger partial charge in [-0.15, -0.1) is 0 Å². The number of amides is 1. The summed E-state index contributed by atoms with van der Waals surface area (Å²) in [5.41, 5.74) is -0.758. The highest BCUT2D eigenvalue weighted by Gasteiger charge is 2.47. The molecule has 1 amide bonds. The van der Waals surface area contributed by atoms with Gasteiger partial charge in [0.05, 0.1) is 11.5 Å². The Hall–Kier alpha value is -0.610. The predicted molar refractivity (Wildman–Crippen MR) is 62.0 cm³/mol. The van der Waals surface area contributed by atoms with E-state index in [-0.39, 0.29) is 17.9 Å². The Kier molecular flexibility index (Phi) is 3.22. The summed E-state index contributed by atoms with van der Waals surface area (Å²) < 4.78 is 0. The van der Waals surface area contributed by atoms with Crippen LogP contribution < -0.4 is 5.32 Å². The number of aliphatic hydroxyl groups is 1. The van der Waals surface area contributed by atoms with Crippen molar-refractivity contribution in [2.24, 2.45) is 5.92 Å². The Balaban J connectivity index is 2.08. The number of likely N-dealkylation sites (tertiary alicyclic amines) is 1. The summed E-state index contributed by atoms with van der Waals surface area (Å²) in [7, 11) is 0. The first-order valence-electron chi connectivity index (χ1n) is 6.28. The maximum absolute atomic E-state index is 12.2. The highest BCUT2D eigenvalue weighted by Crippen LogP contribution is 2.35. The lowest BCUT2D eigenvalue weighted by atomic mass is 9.79. The molecule has 0 radical (unpaired) electrons. The van der Waals surface area contributed by atoms with Crippen molar-refractivity contribution < 1.29 is 9.90 Å². The van der Waals surface area contributed by atoms with Crippen molar-refractivity contribution in [1.82, 2.24) is 10.2 Å². The van der Waals surface area contributed by atoms with E-state index >= 15 is 0 Å². The van der Waals surface area contributed by atoms with Gasteiger partial charge in [-0.25, -0.2) is 0 Å². The number of carbonyl (C=O) groups excluding carboxylic acids is 1. The Morgan fingerprint density at radius 1 is 1.44 bits per heavy atom. The SMILES string of the molecule is CC(C)N1CCC(C2(O)CCNCC2)C1=O. The highest BCUT2D eigenvalue weighted by molar-refractivity contribution is 5.82. The summed E-state index contributed by atoms with van der Waals surface area (Å²) in [6, 6.07) is 0.253. The number of carbonyl (C=O) groups is 1. The lowest BCUT2D eigenvalue weighted by Crippen LogP contribution is -2.50. The molecule has 0 spiro atoms. The summed E-state index contributed by atoms with van der Waals surface area (Å²) in [6.07, 6.45) is 2.22. The van der Waals surface area contributed by atoms with Crippen molar-refractivity contribution in [1.29, 1.82) is 0 Å². The summed E-state index contributed by atoms with van der Waals surface area (Å²) in [6.45, 7) is 6.51. The molecule has 4 nitrogen and oxygen atoms in total. The van der Waals surface area contributed by atoms with Crippen LogP contribution >= 0.6 is 0 Å². The largest absolute Gasteiger partial charge is 0.389 e. The van der Waals surface area contributed by atoms with Gasteiger partial charge in [0.1, 0.15) is 0 Å². The van der Waals surface area contributed by atoms with E-state index < -0.39 is 5.60 Å². The fourth-order valence-electron chi connectivity index (χ4n) is 2.92. The maximum Gasteiger partial charge on any atom is 0.228 e. The normalized spacial score (nSPS) is 30.1. The quantitative estimate of drug-likeness (QED) is 0.715. The van der Waals surface area contributed by atoms with E-state index in [1.165, 1.54) is 0 Å². The van der Waals surface area contributed by atoms with Crippen LogP contribution in [0.4, 0.5) is 0 Å². The third kappa shape index (κ3) is 1.96. The number of hydrogen-bond acceptors (Lipinski definition) is 3. The van der Waals surface area contributed by atoms with Crippen molar-refractivity contribution in [3.05, 3.63) is 0 Å². The zero-order valence-electron chi connectivity index (χ0n) is 10.2. The van der Waals surface area contributed by atoms with Gasteiger partial charge in [-0.3, -0.25) is 4.79 Å². The van der Waals surface area contributed by atoms with Crippen LogP contribution in [0.5, 0.6) is 0 Å². The highest BCUT2D eigenvalue weighted by atomic mass is 16.3. The van der Waals surface area contributed by atoms with Gasteiger partial charge < -0.3 is 15.3 Å². The Labute approximate surface area is 97.0 Å². The van der Waals surface area contributed by atoms with Gasteiger partial charge in [-0.1, -0.05) is 0 Å². The zero-order chi connectivity index (χ0) is 11.8. The molecule has 2 rings (SSSR count). The number of rotatable bonds is 2. The summed E-state index contributed by atoms with van der Waals surface area (Å²) in [5.74, 6) is -0.0172. The second-order valence-corrected chi connectivity index (χ2v) is 5.32. The molecule has 16 heavy (non-hydrogen) atoms. The van der Waals surface area contributed by atoms with Gasteiger partial charge in [-0.2, -0.15) is 0 Å². The molecule has 2 aliphatic rings. The van der Waals surface area contributed by atoms with Crippen molar-refractivity contribution >= 4 is 5.91 Å². The van der Waals surface area contributed by atoms with E-state index in [1.807, 2.05) is 18.7 Å². The third-order valence-corrected chi connectivity index (χ3v) is 3.98. The van der Waals surface area contributed by atoms with E-state index in [1.54, 1.807) is 0 Å². The van der Waals surface area contributed by atoms with E-state index in [0.717, 1.165) is 26.1 Å². The van der Waals surface area contributed by atoms with E-state index in [0.29, 0.717) is 12.8 Å². The van der Waals surface area contributed by atoms with E-state index in [2.05, 4.69) is 5.32 Å². The zero-order valence-corrected chi connectivity index (χ0v) is 10.2. The molecule has 2 saturated heterocycles. The maximum atomic E-state index is 12.2. The molecule has 2 heterocycles. The fourth-order valence-corrected chi connectivity index (χ4v) is 2.92. The van der Waals surface area contributed by atoms with Gasteiger partial charge in [0.25, 0.3) is 0 Å². The second-order valence-electron chi connectivity index (χ2n) is 5.32. The van der Waals surface area contributed by atoms with Crippen LogP contribution in [0.25, 0.3) is 0 Å². The molecule has 0 saturated carbocycles. The van der Waals surface area contributed by atoms with E-state index in [4.69, 9.17) is 0 Å². The molecule has 1 unspecified atom stereocenters. The molecule has 2 aliphatic heterocycles. The third-order valence-electron chi connectivity index (χ3n) is 3.98. The molecule has 0 aliphatic carbocycles. The molecule has 2 N–H and O–H groups in total. The lowest BCUT2D eigenvalue weighted by molar-refractivity contribution is -0.141. The monoisotopic (exact) mass is 226 g/mol. The minimum atomic E-state index is -0.758. The van der Waals surface area contributed by atoms with Crippen LogP contribution in [0.2, 0.25) is 0 Å². The lowest BCUT2D eigenvalue weighted by Gasteiger charge is -2.37. The Bertz CT molecular complexity index is 272. The van der Waals surface area contributed by atoms with Gasteiger partial charge in [-0.05, 0) is 46.2 Å². The molecule has 92 valence electrons. The molecule has 0 aromatic heterocycles. The van der Waals surface area contributed by atoms with Gasteiger partial charge in [0, 0.05) is 12.6 Å². The number of nitrogens with zero attached hydrogens (tertiary/aromatic N) is 1. The van der Waals surface area contributed by atoms with Crippen molar-refractivity contribution in [3.63, 3.8) is 0 Å². The predicted octanol–water partition coefficient (Wildman–Crippen LogP) is 0.358. The average Bonchev–Trinajstić information content (AvgIpc) is 2.62. The van der Waals surface area contributed by atoms with Crippen LogP contribution in [0.1, 0.15) is 33.1 Å². The Morgan fingerprint density at radius 3 is 2.56 bits per heavy atom. The van der Waals surface area contributed by atoms with Crippen LogP contribution in [0, 0.1) is 5.92 Å². The molecular formula is C12H22N2O2. The molecule has 2 fully saturated rings. The van der Waals surface area contributed by atoms with Crippen LogP contribution in [0.3, 0.4) is 0 Å². The second kappa shape index (κ2) is 4.34. The number of piperidine rings is 1. The first kappa shape index (κ1) is 11.9. The Morgan fingerprint density at radius 2 is 2.06 bits per heavy atom. The van der Waals surface area contributed by atoms with Crippen LogP contribution in [-0.2, 0) is 4.79 Å². The van der Waals surface area contributed by atoms with Crippen molar-refractivity contribution in [2.45, 2.75) is 44.8 Å². The molecular weight excluding hydrogens is 204 g/mol. The fraction of sp³-hybridized carbons (Fsp3) is 0.917. The van der Waals surface area contributed by atoms with Gasteiger partial charge >= 0.3 is 0 Å². The molecule has 1 atom stereocenters. The summed E-state index contributed by atoms with van der Waals surface area (Å²) >= 11 is 0. The topological polar surface area (TPSA) is 52.6 Å². The molecule has 0 bridgehead atoms. The molecule has 4 heteroatoms. The van der Waals surface area contributed by atoms with Gasteiger partial charge in [0.2, 0.25) is 5.91 Å². The minimum absolute atomic E-state index is 0.152. The number of hydrogen-bond donors (Lipinski definition) is 2. The van der Waals surface area contributed by atoms with E-state index in [9.17, 15) is 9.90 Å². The summed E-state index contributed by atoms with van der Waals surface area (Å²) in [4.78, 5) is 14.1. The first-order chi connectivity index (χ1) is 7.54. The molecule has 0 aromatic carbocycles. The van der Waals surface area contributed by atoms with Crippen molar-refractivity contribution in [3.8, 4) is 0 Å². The summed E-state index contributed by atoms with van der Waals surface area (Å²) in [5, 5.41) is 13.8. The number of nitrogens with one attached hydrogen (secondary N) is 1. The van der Waals surface area contributed by atoms with Crippen LogP contribution in [0.15, 0.2) is 0 Å². The smallest absolute Gasteiger partial charge is 0.228 e. The average molecular weight is 226 g/mol. The minimum Gasteiger partial charge on any atom is -0.389 e.